The smallest absolute Gasteiger partial charge is 0.148 e. The number of hydrogen-bond acceptors (Lipinski definition) is 4. The molecule has 1 heterocycles. The second kappa shape index (κ2) is 5.05. The lowest BCUT2D eigenvalue weighted by Gasteiger charge is -2.21. The first-order valence-electron chi connectivity index (χ1n) is 5.62. The lowest BCUT2D eigenvalue weighted by molar-refractivity contribution is 0.330. The first kappa shape index (κ1) is 11.7. The van der Waals surface area contributed by atoms with Gasteiger partial charge in [0, 0.05) is 6.54 Å². The third kappa shape index (κ3) is 2.68. The van der Waals surface area contributed by atoms with Crippen LogP contribution in [0.15, 0.2) is 30.3 Å². The van der Waals surface area contributed by atoms with Gasteiger partial charge >= 0.3 is 0 Å². The second-order valence-electron chi connectivity index (χ2n) is 4.36. The van der Waals surface area contributed by atoms with E-state index in [4.69, 9.17) is 0 Å². The highest BCUT2D eigenvalue weighted by Crippen LogP contribution is 2.18. The van der Waals surface area contributed by atoms with E-state index in [2.05, 4.69) is 46.7 Å². The Morgan fingerprint density at radius 1 is 1.24 bits per heavy atom. The van der Waals surface area contributed by atoms with Crippen LogP contribution in [0, 0.1) is 6.92 Å². The maximum absolute atomic E-state index is 4.07. The number of benzene rings is 1. The van der Waals surface area contributed by atoms with Crippen LogP contribution in [-0.4, -0.2) is 45.7 Å². The lowest BCUT2D eigenvalue weighted by atomic mass is 10.1. The molecule has 1 aromatic heterocycles. The minimum absolute atomic E-state index is 0.154. The average molecular weight is 231 g/mol. The first-order valence-corrected chi connectivity index (χ1v) is 5.62. The predicted molar refractivity (Wildman–Crippen MR) is 65.7 cm³/mol. The van der Waals surface area contributed by atoms with Crippen molar-refractivity contribution < 1.29 is 0 Å². The fourth-order valence-electron chi connectivity index (χ4n) is 1.87. The third-order valence-electron chi connectivity index (χ3n) is 2.68. The molecule has 1 aromatic carbocycles. The Kier molecular flexibility index (Phi) is 3.49. The molecule has 1 atom stereocenters. The van der Waals surface area contributed by atoms with E-state index in [-0.39, 0.29) is 6.04 Å². The molecular weight excluding hydrogens is 214 g/mol. The van der Waals surface area contributed by atoms with E-state index in [0.29, 0.717) is 0 Å². The topological polar surface area (TPSA) is 46.8 Å². The largest absolute Gasteiger partial charge is 0.307 e. The van der Waals surface area contributed by atoms with Gasteiger partial charge in [-0.1, -0.05) is 30.3 Å². The molecule has 2 rings (SSSR count). The van der Waals surface area contributed by atoms with Gasteiger partial charge in [0.2, 0.25) is 0 Å². The van der Waals surface area contributed by atoms with Gasteiger partial charge in [0.25, 0.3) is 0 Å². The van der Waals surface area contributed by atoms with Gasteiger partial charge < -0.3 is 4.90 Å². The molecule has 1 unspecified atom stereocenters. The Bertz CT molecular complexity index is 463. The summed E-state index contributed by atoms with van der Waals surface area (Å²) in [7, 11) is 4.10. The third-order valence-corrected chi connectivity index (χ3v) is 2.68. The summed E-state index contributed by atoms with van der Waals surface area (Å²) >= 11 is 0. The number of rotatable bonds is 4. The highest BCUT2D eigenvalue weighted by molar-refractivity contribution is 5.20. The molecule has 0 aliphatic carbocycles. The van der Waals surface area contributed by atoms with Crippen molar-refractivity contribution in [2.45, 2.75) is 13.0 Å². The van der Waals surface area contributed by atoms with Gasteiger partial charge in [-0.05, 0) is 37.0 Å². The van der Waals surface area contributed by atoms with E-state index in [0.717, 1.165) is 12.4 Å². The van der Waals surface area contributed by atoms with Crippen molar-refractivity contribution in [3.8, 4) is 0 Å². The Hall–Kier alpha value is -1.75. The van der Waals surface area contributed by atoms with Gasteiger partial charge in [0.1, 0.15) is 5.82 Å². The van der Waals surface area contributed by atoms with Gasteiger partial charge in [0.15, 0.2) is 0 Å². The highest BCUT2D eigenvalue weighted by Gasteiger charge is 2.17. The molecule has 90 valence electrons. The van der Waals surface area contributed by atoms with Crippen LogP contribution in [0.5, 0.6) is 0 Å². The number of aryl methyl sites for hydroxylation is 1. The van der Waals surface area contributed by atoms with E-state index in [1.165, 1.54) is 5.56 Å². The van der Waals surface area contributed by atoms with E-state index in [1.54, 1.807) is 0 Å². The Balaban J connectivity index is 2.36. The molecule has 5 nitrogen and oxygen atoms in total. The number of hydrogen-bond donors (Lipinski definition) is 0. The molecule has 0 amide bonds. The van der Waals surface area contributed by atoms with Gasteiger partial charge in [0.05, 0.1) is 6.04 Å². The van der Waals surface area contributed by atoms with Crippen LogP contribution in [0.2, 0.25) is 0 Å². The van der Waals surface area contributed by atoms with E-state index in [1.807, 2.05) is 29.8 Å². The van der Waals surface area contributed by atoms with Crippen LogP contribution in [0.1, 0.15) is 17.4 Å². The van der Waals surface area contributed by atoms with Crippen LogP contribution in [0.4, 0.5) is 0 Å². The Morgan fingerprint density at radius 3 is 2.47 bits per heavy atom. The molecule has 0 spiro atoms. The maximum atomic E-state index is 4.07. The quantitative estimate of drug-likeness (QED) is 0.791. The monoisotopic (exact) mass is 231 g/mol. The number of tetrazole rings is 1. The fourth-order valence-corrected chi connectivity index (χ4v) is 1.87. The standard InChI is InChI=1S/C12H17N5/c1-10-13-14-15-17(10)12(9-16(2)3)11-7-5-4-6-8-11/h4-8,12H,9H2,1-3H3. The van der Waals surface area contributed by atoms with Crippen LogP contribution >= 0.6 is 0 Å². The van der Waals surface area contributed by atoms with E-state index < -0.39 is 0 Å². The lowest BCUT2D eigenvalue weighted by Crippen LogP contribution is -2.27. The molecule has 0 N–H and O–H groups in total. The van der Waals surface area contributed by atoms with Crippen LogP contribution in [0.25, 0.3) is 0 Å². The molecule has 0 aliphatic rings. The van der Waals surface area contributed by atoms with Gasteiger partial charge in [-0.25, -0.2) is 4.68 Å². The van der Waals surface area contributed by atoms with E-state index in [9.17, 15) is 0 Å². The van der Waals surface area contributed by atoms with Crippen LogP contribution in [-0.2, 0) is 0 Å². The maximum Gasteiger partial charge on any atom is 0.148 e. The zero-order valence-corrected chi connectivity index (χ0v) is 10.4. The van der Waals surface area contributed by atoms with Gasteiger partial charge in [-0.2, -0.15) is 0 Å². The summed E-state index contributed by atoms with van der Waals surface area (Å²) in [5.74, 6) is 0.834. The summed E-state index contributed by atoms with van der Waals surface area (Å²) in [5.41, 5.74) is 1.22. The van der Waals surface area contributed by atoms with Crippen molar-refractivity contribution in [1.82, 2.24) is 25.1 Å². The summed E-state index contributed by atoms with van der Waals surface area (Å²) in [4.78, 5) is 2.14. The van der Waals surface area contributed by atoms with Crippen LogP contribution < -0.4 is 0 Å². The van der Waals surface area contributed by atoms with Crippen molar-refractivity contribution in [1.29, 1.82) is 0 Å². The second-order valence-corrected chi connectivity index (χ2v) is 4.36. The van der Waals surface area contributed by atoms with Crippen LogP contribution in [0.3, 0.4) is 0 Å². The van der Waals surface area contributed by atoms with Crippen molar-refractivity contribution in [3.05, 3.63) is 41.7 Å². The minimum Gasteiger partial charge on any atom is -0.307 e. The molecule has 0 fully saturated rings. The fraction of sp³-hybridized carbons (Fsp3) is 0.417. The molecule has 0 saturated heterocycles. The normalized spacial score (nSPS) is 12.9. The molecule has 0 saturated carbocycles. The molecule has 0 aliphatic heterocycles. The Labute approximate surface area is 101 Å². The van der Waals surface area contributed by atoms with Crippen molar-refractivity contribution in [2.75, 3.05) is 20.6 Å². The van der Waals surface area contributed by atoms with Crippen molar-refractivity contribution in [3.63, 3.8) is 0 Å². The number of nitrogens with zero attached hydrogens (tertiary/aromatic N) is 5. The zero-order valence-electron chi connectivity index (χ0n) is 10.4. The highest BCUT2D eigenvalue weighted by atomic mass is 15.6. The molecule has 0 radical (unpaired) electrons. The summed E-state index contributed by atoms with van der Waals surface area (Å²) in [6.07, 6.45) is 0. The predicted octanol–water partition coefficient (Wildman–Crippen LogP) is 1.13. The number of aromatic nitrogens is 4. The molecule has 17 heavy (non-hydrogen) atoms. The molecular formula is C12H17N5. The molecule has 2 aromatic rings. The summed E-state index contributed by atoms with van der Waals surface area (Å²) < 4.78 is 1.87. The minimum atomic E-state index is 0.154. The zero-order chi connectivity index (χ0) is 12.3. The van der Waals surface area contributed by atoms with Gasteiger partial charge in [-0.3, -0.25) is 0 Å². The van der Waals surface area contributed by atoms with E-state index >= 15 is 0 Å². The summed E-state index contributed by atoms with van der Waals surface area (Å²) in [5, 5.41) is 11.7. The Morgan fingerprint density at radius 2 is 1.94 bits per heavy atom. The molecule has 0 bridgehead atoms. The van der Waals surface area contributed by atoms with Gasteiger partial charge in [-0.15, -0.1) is 5.10 Å². The average Bonchev–Trinajstić information content (AvgIpc) is 2.73. The summed E-state index contributed by atoms with van der Waals surface area (Å²) in [6.45, 7) is 2.79. The van der Waals surface area contributed by atoms with Crippen molar-refractivity contribution >= 4 is 0 Å². The SMILES string of the molecule is Cc1nnnn1C(CN(C)C)c1ccccc1. The summed E-state index contributed by atoms with van der Waals surface area (Å²) in [6, 6.07) is 10.5. The molecule has 5 heteroatoms. The first-order chi connectivity index (χ1) is 8.18. The van der Waals surface area contributed by atoms with Crippen molar-refractivity contribution in [2.24, 2.45) is 0 Å². The number of likely N-dealkylation sites (N-methyl/N-ethyl adjacent to an activating group) is 1.